The molecule has 7 nitrogen and oxygen atoms in total. The van der Waals surface area contributed by atoms with Crippen LogP contribution in [-0.2, 0) is 6.18 Å². The Bertz CT molecular complexity index is 1410. The number of fused-ring (bicyclic) bond motifs is 1. The van der Waals surface area contributed by atoms with Gasteiger partial charge in [-0.2, -0.15) is 18.2 Å². The summed E-state index contributed by atoms with van der Waals surface area (Å²) >= 11 is 6.15. The van der Waals surface area contributed by atoms with Crippen LogP contribution in [0.2, 0.25) is 5.02 Å². The zero-order valence-electron chi connectivity index (χ0n) is 17.7. The maximum absolute atomic E-state index is 13.0. The SMILES string of the molecule is CCN(c1nc(-c2cccc(Cl)c2)c2ccc(=O)n(-c3ccc(C(F)(F)F)cc3)c2n1)C(O)O. The molecule has 0 bridgehead atoms. The van der Waals surface area contributed by atoms with Crippen LogP contribution in [0.5, 0.6) is 0 Å². The molecule has 4 aromatic rings. The van der Waals surface area contributed by atoms with Crippen molar-refractivity contribution in [3.05, 3.63) is 81.6 Å². The topological polar surface area (TPSA) is 91.5 Å². The van der Waals surface area contributed by atoms with Crippen LogP contribution in [0, 0.1) is 0 Å². The van der Waals surface area contributed by atoms with Crippen LogP contribution in [0.3, 0.4) is 0 Å². The Balaban J connectivity index is 2.05. The molecule has 0 atom stereocenters. The summed E-state index contributed by atoms with van der Waals surface area (Å²) in [5.74, 6) is -0.0914. The van der Waals surface area contributed by atoms with Crippen molar-refractivity contribution in [2.24, 2.45) is 0 Å². The average molecular weight is 491 g/mol. The van der Waals surface area contributed by atoms with Gasteiger partial charge in [-0.3, -0.25) is 14.3 Å². The molecule has 0 amide bonds. The first-order valence-corrected chi connectivity index (χ1v) is 10.5. The molecular weight excluding hydrogens is 473 g/mol. The molecule has 0 aliphatic heterocycles. The summed E-state index contributed by atoms with van der Waals surface area (Å²) in [5.41, 5.74) is -0.254. The van der Waals surface area contributed by atoms with Crippen LogP contribution in [0.4, 0.5) is 19.1 Å². The van der Waals surface area contributed by atoms with Gasteiger partial charge in [0.25, 0.3) is 5.56 Å². The van der Waals surface area contributed by atoms with E-state index in [9.17, 15) is 28.2 Å². The van der Waals surface area contributed by atoms with Crippen molar-refractivity contribution in [3.63, 3.8) is 0 Å². The first kappa shape index (κ1) is 23.7. The zero-order chi connectivity index (χ0) is 24.6. The molecule has 0 aliphatic rings. The number of alkyl halides is 3. The van der Waals surface area contributed by atoms with Gasteiger partial charge in [0.15, 0.2) is 5.65 Å². The van der Waals surface area contributed by atoms with E-state index in [2.05, 4.69) is 9.97 Å². The molecule has 0 unspecified atom stereocenters. The lowest BCUT2D eigenvalue weighted by molar-refractivity contribution is -0.137. The monoisotopic (exact) mass is 490 g/mol. The molecule has 2 aromatic carbocycles. The molecule has 0 fully saturated rings. The third kappa shape index (κ3) is 4.47. The van der Waals surface area contributed by atoms with Gasteiger partial charge in [-0.1, -0.05) is 23.7 Å². The van der Waals surface area contributed by atoms with Crippen molar-refractivity contribution in [2.75, 3.05) is 11.4 Å². The largest absolute Gasteiger partial charge is 0.416 e. The third-order valence-corrected chi connectivity index (χ3v) is 5.40. The van der Waals surface area contributed by atoms with E-state index in [-0.39, 0.29) is 23.8 Å². The number of aliphatic hydroxyl groups is 2. The Morgan fingerprint density at radius 3 is 2.35 bits per heavy atom. The van der Waals surface area contributed by atoms with Gasteiger partial charge in [0.05, 0.1) is 16.9 Å². The molecule has 176 valence electrons. The van der Waals surface area contributed by atoms with Crippen LogP contribution in [0.15, 0.2) is 65.5 Å². The summed E-state index contributed by atoms with van der Waals surface area (Å²) in [6, 6.07) is 13.6. The predicted octanol–water partition coefficient (Wildman–Crippen LogP) is 4.21. The third-order valence-electron chi connectivity index (χ3n) is 5.17. The summed E-state index contributed by atoms with van der Waals surface area (Å²) in [5, 5.41) is 20.4. The molecular formula is C23H18ClF3N4O3. The Morgan fingerprint density at radius 1 is 1.06 bits per heavy atom. The van der Waals surface area contributed by atoms with Crippen molar-refractivity contribution in [1.29, 1.82) is 0 Å². The summed E-state index contributed by atoms with van der Waals surface area (Å²) in [6.45, 7) is 1.77. The number of halogens is 4. The van der Waals surface area contributed by atoms with Crippen LogP contribution in [0.25, 0.3) is 28.0 Å². The lowest BCUT2D eigenvalue weighted by Gasteiger charge is -2.24. The summed E-state index contributed by atoms with van der Waals surface area (Å²) in [6.07, 6.45) is -6.46. The van der Waals surface area contributed by atoms with Crippen molar-refractivity contribution in [3.8, 4) is 16.9 Å². The Kier molecular flexibility index (Phi) is 6.30. The number of anilines is 1. The first-order chi connectivity index (χ1) is 16.1. The van der Waals surface area contributed by atoms with E-state index in [1.807, 2.05) is 0 Å². The molecule has 0 saturated heterocycles. The fourth-order valence-corrected chi connectivity index (χ4v) is 3.74. The van der Waals surface area contributed by atoms with Crippen molar-refractivity contribution in [1.82, 2.24) is 14.5 Å². The standard InChI is InChI=1S/C23H18ClF3N4O3/c1-2-30(22(33)34)21-28-19(13-4-3-5-15(24)12-13)17-10-11-18(32)31(20(17)29-21)16-8-6-14(7-9-16)23(25,26)27/h3-12,22,33-34H,2H2,1H3. The summed E-state index contributed by atoms with van der Waals surface area (Å²) < 4.78 is 40.2. The molecule has 0 saturated carbocycles. The highest BCUT2D eigenvalue weighted by atomic mass is 35.5. The Hall–Kier alpha value is -3.47. The van der Waals surface area contributed by atoms with E-state index in [0.717, 1.165) is 21.6 Å². The molecule has 11 heteroatoms. The van der Waals surface area contributed by atoms with E-state index < -0.39 is 23.7 Å². The number of aromatic nitrogens is 3. The number of rotatable bonds is 5. The molecule has 2 aromatic heterocycles. The van der Waals surface area contributed by atoms with Crippen LogP contribution >= 0.6 is 11.6 Å². The van der Waals surface area contributed by atoms with Gasteiger partial charge < -0.3 is 10.2 Å². The van der Waals surface area contributed by atoms with Crippen LogP contribution < -0.4 is 10.5 Å². The van der Waals surface area contributed by atoms with Crippen molar-refractivity contribution >= 4 is 28.6 Å². The van der Waals surface area contributed by atoms with Gasteiger partial charge in [-0.05, 0) is 49.4 Å². The molecule has 0 radical (unpaired) electrons. The predicted molar refractivity (Wildman–Crippen MR) is 122 cm³/mol. The lowest BCUT2D eigenvalue weighted by Crippen LogP contribution is -2.36. The molecule has 4 rings (SSSR count). The van der Waals surface area contributed by atoms with Crippen molar-refractivity contribution in [2.45, 2.75) is 19.5 Å². The fourth-order valence-electron chi connectivity index (χ4n) is 3.54. The fraction of sp³-hybridized carbons (Fsp3) is 0.174. The van der Waals surface area contributed by atoms with Crippen molar-refractivity contribution < 1.29 is 23.4 Å². The molecule has 0 spiro atoms. The van der Waals surface area contributed by atoms with E-state index in [4.69, 9.17) is 11.6 Å². The Labute approximate surface area is 196 Å². The minimum atomic E-state index is -4.53. The normalized spacial score (nSPS) is 11.9. The van der Waals surface area contributed by atoms with Gasteiger partial charge in [-0.25, -0.2) is 4.98 Å². The minimum absolute atomic E-state index is 0.0753. The molecule has 34 heavy (non-hydrogen) atoms. The van der Waals surface area contributed by atoms with Crippen LogP contribution in [-0.4, -0.2) is 37.7 Å². The summed E-state index contributed by atoms with van der Waals surface area (Å²) in [7, 11) is 0. The summed E-state index contributed by atoms with van der Waals surface area (Å²) in [4.78, 5) is 22.8. The maximum atomic E-state index is 13.0. The van der Waals surface area contributed by atoms with Gasteiger partial charge in [0, 0.05) is 28.6 Å². The number of hydrogen-bond acceptors (Lipinski definition) is 6. The second-order valence-electron chi connectivity index (χ2n) is 7.30. The van der Waals surface area contributed by atoms with E-state index in [0.29, 0.717) is 21.7 Å². The highest BCUT2D eigenvalue weighted by molar-refractivity contribution is 6.30. The minimum Gasteiger partial charge on any atom is -0.351 e. The molecule has 0 aliphatic carbocycles. The lowest BCUT2D eigenvalue weighted by atomic mass is 10.1. The maximum Gasteiger partial charge on any atom is 0.416 e. The quantitative estimate of drug-likeness (QED) is 0.407. The number of benzene rings is 2. The number of hydrogen-bond donors (Lipinski definition) is 2. The number of pyridine rings is 1. The van der Waals surface area contributed by atoms with E-state index in [1.165, 1.54) is 24.3 Å². The second kappa shape index (κ2) is 9.05. The van der Waals surface area contributed by atoms with Gasteiger partial charge >= 0.3 is 6.18 Å². The second-order valence-corrected chi connectivity index (χ2v) is 7.74. The van der Waals surface area contributed by atoms with Crippen LogP contribution in [0.1, 0.15) is 12.5 Å². The molecule has 2 heterocycles. The first-order valence-electron chi connectivity index (χ1n) is 10.1. The zero-order valence-corrected chi connectivity index (χ0v) is 18.4. The molecule has 2 N–H and O–H groups in total. The number of nitrogens with zero attached hydrogens (tertiary/aromatic N) is 4. The van der Waals surface area contributed by atoms with Gasteiger partial charge in [0.2, 0.25) is 12.4 Å². The van der Waals surface area contributed by atoms with Gasteiger partial charge in [0.1, 0.15) is 0 Å². The van der Waals surface area contributed by atoms with E-state index >= 15 is 0 Å². The number of aliphatic hydroxyl groups excluding tert-OH is 1. The van der Waals surface area contributed by atoms with E-state index in [1.54, 1.807) is 31.2 Å². The Morgan fingerprint density at radius 2 is 1.76 bits per heavy atom. The van der Waals surface area contributed by atoms with Gasteiger partial charge in [-0.15, -0.1) is 0 Å². The highest BCUT2D eigenvalue weighted by Crippen LogP contribution is 2.32. The smallest absolute Gasteiger partial charge is 0.351 e. The highest BCUT2D eigenvalue weighted by Gasteiger charge is 2.30. The average Bonchev–Trinajstić information content (AvgIpc) is 2.78.